The molecule has 0 aliphatic heterocycles. The van der Waals surface area contributed by atoms with Crippen molar-refractivity contribution in [2.24, 2.45) is 0 Å². The smallest absolute Gasteiger partial charge is 0.307 e. The van der Waals surface area contributed by atoms with Crippen LogP contribution in [0.25, 0.3) is 0 Å². The van der Waals surface area contributed by atoms with Crippen LogP contribution in [-0.4, -0.2) is 19.0 Å². The first-order chi connectivity index (χ1) is 10.6. The lowest BCUT2D eigenvalue weighted by Crippen LogP contribution is -2.30. The van der Waals surface area contributed by atoms with E-state index in [4.69, 9.17) is 16.3 Å². The second kappa shape index (κ2) is 7.61. The highest BCUT2D eigenvalue weighted by atomic mass is 35.5. The Bertz CT molecular complexity index is 658. The monoisotopic (exact) mass is 317 g/mol. The van der Waals surface area contributed by atoms with Crippen molar-refractivity contribution < 1.29 is 14.3 Å². The SMILES string of the molecule is COC(=O)CC(NC(=O)c1cccc(Cl)c1)c1ccccc1. The normalized spacial score (nSPS) is 11.5. The van der Waals surface area contributed by atoms with Gasteiger partial charge in [-0.3, -0.25) is 9.59 Å². The van der Waals surface area contributed by atoms with Gasteiger partial charge in [0.1, 0.15) is 0 Å². The lowest BCUT2D eigenvalue weighted by atomic mass is 10.0. The minimum Gasteiger partial charge on any atom is -0.469 e. The molecule has 0 bridgehead atoms. The third kappa shape index (κ3) is 4.33. The van der Waals surface area contributed by atoms with Crippen LogP contribution in [0.15, 0.2) is 54.6 Å². The molecule has 0 aliphatic rings. The number of carbonyl (C=O) groups excluding carboxylic acids is 2. The number of rotatable bonds is 5. The van der Waals surface area contributed by atoms with Crippen LogP contribution in [0.1, 0.15) is 28.4 Å². The zero-order chi connectivity index (χ0) is 15.9. The zero-order valence-corrected chi connectivity index (χ0v) is 12.8. The number of nitrogens with one attached hydrogen (secondary N) is 1. The summed E-state index contributed by atoms with van der Waals surface area (Å²) >= 11 is 5.90. The molecule has 0 aromatic heterocycles. The van der Waals surface area contributed by atoms with Crippen LogP contribution in [-0.2, 0) is 9.53 Å². The highest BCUT2D eigenvalue weighted by Gasteiger charge is 2.19. The summed E-state index contributed by atoms with van der Waals surface area (Å²) in [5.74, 6) is -0.680. The quantitative estimate of drug-likeness (QED) is 0.860. The summed E-state index contributed by atoms with van der Waals surface area (Å²) in [6.07, 6.45) is 0.0623. The molecule has 1 unspecified atom stereocenters. The first kappa shape index (κ1) is 16.0. The van der Waals surface area contributed by atoms with Crippen LogP contribution < -0.4 is 5.32 Å². The van der Waals surface area contributed by atoms with Crippen molar-refractivity contribution in [1.29, 1.82) is 0 Å². The van der Waals surface area contributed by atoms with E-state index in [-0.39, 0.29) is 18.3 Å². The maximum Gasteiger partial charge on any atom is 0.307 e. The second-order valence-corrected chi connectivity index (χ2v) is 5.16. The molecule has 2 rings (SSSR count). The van der Waals surface area contributed by atoms with Gasteiger partial charge in [0.05, 0.1) is 19.6 Å². The lowest BCUT2D eigenvalue weighted by molar-refractivity contribution is -0.141. The van der Waals surface area contributed by atoms with Crippen molar-refractivity contribution in [3.05, 3.63) is 70.7 Å². The van der Waals surface area contributed by atoms with Gasteiger partial charge in [-0.05, 0) is 23.8 Å². The number of halogens is 1. The average molecular weight is 318 g/mol. The van der Waals surface area contributed by atoms with Gasteiger partial charge < -0.3 is 10.1 Å². The Morgan fingerprint density at radius 1 is 1.14 bits per heavy atom. The van der Waals surface area contributed by atoms with Gasteiger partial charge in [0.15, 0.2) is 0 Å². The lowest BCUT2D eigenvalue weighted by Gasteiger charge is -2.18. The first-order valence-electron chi connectivity index (χ1n) is 6.78. The van der Waals surface area contributed by atoms with Crippen molar-refractivity contribution in [2.45, 2.75) is 12.5 Å². The second-order valence-electron chi connectivity index (χ2n) is 4.73. The fourth-order valence-corrected chi connectivity index (χ4v) is 2.25. The van der Waals surface area contributed by atoms with Crippen molar-refractivity contribution in [3.8, 4) is 0 Å². The van der Waals surface area contributed by atoms with Crippen LogP contribution in [0.4, 0.5) is 0 Å². The molecule has 0 radical (unpaired) electrons. The molecule has 1 amide bonds. The topological polar surface area (TPSA) is 55.4 Å². The summed E-state index contributed by atoms with van der Waals surface area (Å²) in [5, 5.41) is 3.33. The largest absolute Gasteiger partial charge is 0.469 e. The molecule has 1 atom stereocenters. The van der Waals surface area contributed by atoms with E-state index in [2.05, 4.69) is 5.32 Å². The minimum atomic E-state index is -0.458. The third-order valence-electron chi connectivity index (χ3n) is 3.19. The molecule has 0 saturated heterocycles. The average Bonchev–Trinajstić information content (AvgIpc) is 2.54. The van der Waals surface area contributed by atoms with Crippen molar-refractivity contribution >= 4 is 23.5 Å². The maximum atomic E-state index is 12.3. The minimum absolute atomic E-state index is 0.0623. The van der Waals surface area contributed by atoms with Crippen LogP contribution in [0, 0.1) is 0 Å². The van der Waals surface area contributed by atoms with Crippen molar-refractivity contribution in [3.63, 3.8) is 0 Å². The number of methoxy groups -OCH3 is 1. The van der Waals surface area contributed by atoms with Crippen molar-refractivity contribution in [1.82, 2.24) is 5.32 Å². The van der Waals surface area contributed by atoms with Gasteiger partial charge in [-0.1, -0.05) is 48.0 Å². The Kier molecular flexibility index (Phi) is 5.55. The summed E-state index contributed by atoms with van der Waals surface area (Å²) in [4.78, 5) is 23.9. The molecule has 0 fully saturated rings. The van der Waals surface area contributed by atoms with E-state index in [1.54, 1.807) is 24.3 Å². The van der Waals surface area contributed by atoms with E-state index < -0.39 is 6.04 Å². The fraction of sp³-hybridized carbons (Fsp3) is 0.176. The Hall–Kier alpha value is -2.33. The summed E-state index contributed by atoms with van der Waals surface area (Å²) < 4.78 is 4.70. The Morgan fingerprint density at radius 2 is 1.86 bits per heavy atom. The number of amides is 1. The van der Waals surface area contributed by atoms with Gasteiger partial charge >= 0.3 is 5.97 Å². The standard InChI is InChI=1S/C17H16ClNO3/c1-22-16(20)11-15(12-6-3-2-4-7-12)19-17(21)13-8-5-9-14(18)10-13/h2-10,15H,11H2,1H3,(H,19,21). The van der Waals surface area contributed by atoms with Crippen LogP contribution >= 0.6 is 11.6 Å². The van der Waals surface area contributed by atoms with Gasteiger partial charge in [0, 0.05) is 10.6 Å². The van der Waals surface area contributed by atoms with Gasteiger partial charge in [-0.25, -0.2) is 0 Å². The van der Waals surface area contributed by atoms with E-state index >= 15 is 0 Å². The molecule has 4 nitrogen and oxygen atoms in total. The molecule has 2 aromatic rings. The highest BCUT2D eigenvalue weighted by Crippen LogP contribution is 2.19. The predicted octanol–water partition coefficient (Wildman–Crippen LogP) is 3.37. The fourth-order valence-electron chi connectivity index (χ4n) is 2.06. The highest BCUT2D eigenvalue weighted by molar-refractivity contribution is 6.30. The molecule has 0 aliphatic carbocycles. The summed E-state index contributed by atoms with van der Waals surface area (Å²) in [7, 11) is 1.32. The number of benzene rings is 2. The predicted molar refractivity (Wildman–Crippen MR) is 84.7 cm³/mol. The summed E-state index contributed by atoms with van der Waals surface area (Å²) in [5.41, 5.74) is 1.28. The number of hydrogen-bond donors (Lipinski definition) is 1. The third-order valence-corrected chi connectivity index (χ3v) is 3.43. The van der Waals surface area contributed by atoms with E-state index in [9.17, 15) is 9.59 Å². The van der Waals surface area contributed by atoms with Gasteiger partial charge in [0.2, 0.25) is 0 Å². The summed E-state index contributed by atoms with van der Waals surface area (Å²) in [6.45, 7) is 0. The molecule has 22 heavy (non-hydrogen) atoms. The number of ether oxygens (including phenoxy) is 1. The molecular weight excluding hydrogens is 302 g/mol. The van der Waals surface area contributed by atoms with Crippen LogP contribution in [0.2, 0.25) is 5.02 Å². The molecule has 0 spiro atoms. The number of esters is 1. The van der Waals surface area contributed by atoms with Crippen LogP contribution in [0.3, 0.4) is 0 Å². The molecule has 2 aromatic carbocycles. The van der Waals surface area contributed by atoms with E-state index in [1.165, 1.54) is 7.11 Å². The molecule has 5 heteroatoms. The maximum absolute atomic E-state index is 12.3. The molecule has 114 valence electrons. The van der Waals surface area contributed by atoms with E-state index in [1.807, 2.05) is 30.3 Å². The van der Waals surface area contributed by atoms with E-state index in [0.717, 1.165) is 5.56 Å². The van der Waals surface area contributed by atoms with Crippen LogP contribution in [0.5, 0.6) is 0 Å². The van der Waals surface area contributed by atoms with Gasteiger partial charge in [0.25, 0.3) is 5.91 Å². The van der Waals surface area contributed by atoms with Crippen molar-refractivity contribution in [2.75, 3.05) is 7.11 Å². The molecule has 1 N–H and O–H groups in total. The first-order valence-corrected chi connectivity index (χ1v) is 7.16. The Morgan fingerprint density at radius 3 is 2.50 bits per heavy atom. The zero-order valence-electron chi connectivity index (χ0n) is 12.1. The summed E-state index contributed by atoms with van der Waals surface area (Å²) in [6, 6.07) is 15.5. The molecular formula is C17H16ClNO3. The number of carbonyl (C=O) groups is 2. The molecule has 0 saturated carbocycles. The van der Waals surface area contributed by atoms with Gasteiger partial charge in [-0.2, -0.15) is 0 Å². The molecule has 0 heterocycles. The van der Waals surface area contributed by atoms with E-state index in [0.29, 0.717) is 10.6 Å². The van der Waals surface area contributed by atoms with Gasteiger partial charge in [-0.15, -0.1) is 0 Å². The Balaban J connectivity index is 2.19. The Labute approximate surface area is 134 Å². The number of hydrogen-bond acceptors (Lipinski definition) is 3.